The van der Waals surface area contributed by atoms with Gasteiger partial charge in [0.1, 0.15) is 0 Å². The van der Waals surface area contributed by atoms with Crippen molar-refractivity contribution < 1.29 is 30.3 Å². The molecular weight excluding hydrogens is 666 g/mol. The van der Waals surface area contributed by atoms with Gasteiger partial charge in [0.15, 0.2) is 0 Å². The van der Waals surface area contributed by atoms with Crippen molar-refractivity contribution in [1.29, 1.82) is 0 Å². The maximum Gasteiger partial charge on any atom is 0.300 e. The molecule has 0 amide bonds. The third kappa shape index (κ3) is 60.2. The minimum Gasteiger partial charge on any atom is -0.481 e. The molecule has 0 aromatic heterocycles. The molecule has 0 aliphatic heterocycles. The van der Waals surface area contributed by atoms with Crippen LogP contribution in [0, 0.1) is 5.41 Å². The highest BCUT2D eigenvalue weighted by molar-refractivity contribution is 5.86. The first-order valence-electron chi connectivity index (χ1n) is 15.9. The normalized spacial score (nSPS) is 9.36. The highest BCUT2D eigenvalue weighted by Crippen LogP contribution is 2.11. The van der Waals surface area contributed by atoms with Crippen molar-refractivity contribution in [2.45, 2.75) is 90.0 Å². The van der Waals surface area contributed by atoms with Crippen LogP contribution in [0.2, 0.25) is 0 Å². The Morgan fingerprint density at radius 3 is 0.489 bits per heavy atom. The molecule has 5 N–H and O–H groups in total. The molecule has 0 saturated carbocycles. The quantitative estimate of drug-likeness (QED) is 0.145. The third-order valence-corrected chi connectivity index (χ3v) is 6.71. The highest BCUT2D eigenvalue weighted by Gasteiger charge is 2.26. The average molecular weight is 747 g/mol. The van der Waals surface area contributed by atoms with Crippen molar-refractivity contribution in [2.24, 2.45) is 5.41 Å². The molecule has 45 heavy (non-hydrogen) atoms. The standard InChI is InChI=1S/4C6H15N.C5H12O4.C2H4O2.4ClH/c4*1-4-7(5-2)6-3;6-1-5(2-7,3-8)4-9;1-2(3)4;;;;/h4*4-6H2,1-3H3;6-9H,1-4H2;1H3,(H,3,4);4*1H. The van der Waals surface area contributed by atoms with Crippen LogP contribution in [0.25, 0.3) is 0 Å². The molecule has 0 fully saturated rings. The third-order valence-electron chi connectivity index (χ3n) is 6.71. The second-order valence-corrected chi connectivity index (χ2v) is 9.13. The molecule has 0 unspecified atom stereocenters. The van der Waals surface area contributed by atoms with Gasteiger partial charge in [-0.25, -0.2) is 0 Å². The summed E-state index contributed by atoms with van der Waals surface area (Å²) in [6.07, 6.45) is 0. The van der Waals surface area contributed by atoms with E-state index in [1.807, 2.05) is 0 Å². The van der Waals surface area contributed by atoms with Crippen LogP contribution >= 0.6 is 49.6 Å². The Morgan fingerprint density at radius 1 is 0.400 bits per heavy atom. The number of carboxylic acid groups (broad SMARTS) is 1. The predicted molar refractivity (Wildman–Crippen MR) is 207 cm³/mol. The van der Waals surface area contributed by atoms with E-state index in [1.165, 1.54) is 78.5 Å². The summed E-state index contributed by atoms with van der Waals surface area (Å²) in [6.45, 7) is 40.0. The van der Waals surface area contributed by atoms with Gasteiger partial charge in [-0.15, -0.1) is 49.6 Å². The number of carbonyl (C=O) groups is 1. The van der Waals surface area contributed by atoms with E-state index in [4.69, 9.17) is 30.3 Å². The average Bonchev–Trinajstić information content (AvgIpc) is 2.99. The molecule has 0 aliphatic carbocycles. The Morgan fingerprint density at radius 2 is 0.489 bits per heavy atom. The number of halogens is 4. The minimum atomic E-state index is -1.11. The summed E-state index contributed by atoms with van der Waals surface area (Å²) in [7, 11) is 0. The van der Waals surface area contributed by atoms with Gasteiger partial charge in [0.25, 0.3) is 5.97 Å². The number of aliphatic hydroxyl groups is 4. The van der Waals surface area contributed by atoms with Crippen molar-refractivity contribution in [3.63, 3.8) is 0 Å². The largest absolute Gasteiger partial charge is 0.481 e. The fourth-order valence-electron chi connectivity index (χ4n) is 2.98. The van der Waals surface area contributed by atoms with E-state index in [-0.39, 0.29) is 49.6 Å². The van der Waals surface area contributed by atoms with Crippen molar-refractivity contribution in [3.8, 4) is 0 Å². The SMILES string of the molecule is CC(=O)O.CCN(CC)CC.CCN(CC)CC.CCN(CC)CC.CCN(CC)CC.Cl.Cl.Cl.Cl.OCC(CO)(CO)CO. The number of aliphatic hydroxyl groups excluding tert-OH is 4. The lowest BCUT2D eigenvalue weighted by Crippen LogP contribution is -2.37. The van der Waals surface area contributed by atoms with E-state index in [2.05, 4.69) is 103 Å². The smallest absolute Gasteiger partial charge is 0.300 e. The van der Waals surface area contributed by atoms with Crippen LogP contribution in [0.5, 0.6) is 0 Å². The maximum absolute atomic E-state index is 9.00. The van der Waals surface area contributed by atoms with Gasteiger partial charge in [0.05, 0.1) is 31.8 Å². The van der Waals surface area contributed by atoms with E-state index in [0.29, 0.717) is 0 Å². The monoisotopic (exact) mass is 744 g/mol. The van der Waals surface area contributed by atoms with Crippen LogP contribution < -0.4 is 0 Å². The molecule has 0 saturated heterocycles. The maximum atomic E-state index is 9.00. The Balaban J connectivity index is -0.0000000406. The zero-order valence-corrected chi connectivity index (χ0v) is 34.6. The second-order valence-electron chi connectivity index (χ2n) is 9.13. The lowest BCUT2D eigenvalue weighted by molar-refractivity contribution is -0.134. The molecule has 0 aliphatic rings. The van der Waals surface area contributed by atoms with Gasteiger partial charge in [0, 0.05) is 6.92 Å². The molecule has 0 radical (unpaired) electrons. The van der Waals surface area contributed by atoms with Crippen molar-refractivity contribution in [2.75, 3.05) is 105 Å². The van der Waals surface area contributed by atoms with Gasteiger partial charge in [0.2, 0.25) is 0 Å². The topological polar surface area (TPSA) is 131 Å². The van der Waals surface area contributed by atoms with Crippen LogP contribution in [0.15, 0.2) is 0 Å². The van der Waals surface area contributed by atoms with Crippen LogP contribution in [0.1, 0.15) is 90.0 Å². The molecule has 288 valence electrons. The van der Waals surface area contributed by atoms with E-state index >= 15 is 0 Å². The van der Waals surface area contributed by atoms with Gasteiger partial charge in [-0.2, -0.15) is 0 Å². The van der Waals surface area contributed by atoms with Crippen molar-refractivity contribution in [1.82, 2.24) is 19.6 Å². The van der Waals surface area contributed by atoms with Crippen LogP contribution in [-0.4, -0.2) is 156 Å². The van der Waals surface area contributed by atoms with E-state index in [9.17, 15) is 0 Å². The number of carboxylic acids is 1. The number of hydrogen-bond donors (Lipinski definition) is 5. The first-order valence-corrected chi connectivity index (χ1v) is 15.9. The first-order chi connectivity index (χ1) is 19.4. The Labute approximate surface area is 305 Å². The van der Waals surface area contributed by atoms with Crippen LogP contribution in [0.3, 0.4) is 0 Å². The van der Waals surface area contributed by atoms with Crippen molar-refractivity contribution >= 4 is 55.6 Å². The Kier molecular flexibility index (Phi) is 94.7. The highest BCUT2D eigenvalue weighted by atomic mass is 35.5. The molecule has 0 aromatic rings. The fourth-order valence-corrected chi connectivity index (χ4v) is 2.98. The van der Waals surface area contributed by atoms with Gasteiger partial charge in [-0.1, -0.05) is 83.1 Å². The second kappa shape index (κ2) is 59.7. The Hall–Kier alpha value is 0.310. The number of rotatable bonds is 16. The summed E-state index contributed by atoms with van der Waals surface area (Å²) in [5, 5.41) is 41.4. The zero-order valence-electron chi connectivity index (χ0n) is 31.4. The summed E-state index contributed by atoms with van der Waals surface area (Å²) in [4.78, 5) is 18.5. The zero-order chi connectivity index (χ0) is 33.7. The number of aliphatic carboxylic acids is 1. The van der Waals surface area contributed by atoms with Crippen molar-refractivity contribution in [3.05, 3.63) is 0 Å². The summed E-state index contributed by atoms with van der Waals surface area (Å²) in [5.41, 5.74) is -1.11. The molecule has 14 heteroatoms. The molecule has 0 aromatic carbocycles. The van der Waals surface area contributed by atoms with Crippen LogP contribution in [0.4, 0.5) is 0 Å². The number of nitrogens with zero attached hydrogens (tertiary/aromatic N) is 4. The molecule has 0 rings (SSSR count). The van der Waals surface area contributed by atoms with E-state index in [1.54, 1.807) is 0 Å². The summed E-state index contributed by atoms with van der Waals surface area (Å²) < 4.78 is 0. The Bertz CT molecular complexity index is 370. The van der Waals surface area contributed by atoms with Gasteiger partial charge in [-0.3, -0.25) is 4.79 Å². The lowest BCUT2D eigenvalue weighted by atomic mass is 9.93. The van der Waals surface area contributed by atoms with Gasteiger partial charge >= 0.3 is 0 Å². The van der Waals surface area contributed by atoms with Gasteiger partial charge < -0.3 is 45.1 Å². The molecule has 0 bridgehead atoms. The molecule has 0 spiro atoms. The molecule has 0 heterocycles. The predicted octanol–water partition coefficient (Wildman–Crippen LogP) is 5.11. The van der Waals surface area contributed by atoms with E-state index in [0.717, 1.165) is 6.92 Å². The summed E-state index contributed by atoms with van der Waals surface area (Å²) >= 11 is 0. The van der Waals surface area contributed by atoms with Crippen LogP contribution in [-0.2, 0) is 4.79 Å². The molecule has 0 atom stereocenters. The number of hydrogen-bond acceptors (Lipinski definition) is 9. The summed E-state index contributed by atoms with van der Waals surface area (Å²) in [5.74, 6) is -0.833. The fraction of sp³-hybridized carbons (Fsp3) is 0.968. The minimum absolute atomic E-state index is 0. The molecular formula is C31H80Cl4N4O6. The first kappa shape index (κ1) is 71.4. The lowest BCUT2D eigenvalue weighted by Gasteiger charge is -2.23. The van der Waals surface area contributed by atoms with E-state index < -0.39 is 37.8 Å². The molecule has 10 nitrogen and oxygen atoms in total. The van der Waals surface area contributed by atoms with Gasteiger partial charge in [-0.05, 0) is 78.5 Å². The summed E-state index contributed by atoms with van der Waals surface area (Å²) in [6, 6.07) is 0.